The molecule has 2 N–H and O–H groups in total. The first kappa shape index (κ1) is 21.9. The van der Waals surface area contributed by atoms with Crippen LogP contribution in [0.2, 0.25) is 5.02 Å². The summed E-state index contributed by atoms with van der Waals surface area (Å²) in [6.07, 6.45) is 0.280. The van der Waals surface area contributed by atoms with Crippen LogP contribution in [0.5, 0.6) is 0 Å². The van der Waals surface area contributed by atoms with Crippen LogP contribution in [0.3, 0.4) is 0 Å². The molecule has 4 aromatic carbocycles. The molecular weight excluding hydrogens is 440 g/mol. The maximum absolute atomic E-state index is 12.3. The summed E-state index contributed by atoms with van der Waals surface area (Å²) in [5.41, 5.74) is 2.40. The Morgan fingerprint density at radius 1 is 0.719 bits per heavy atom. The summed E-state index contributed by atoms with van der Waals surface area (Å²) in [5, 5.41) is 8.70. The number of thioether (sulfide) groups is 1. The molecule has 0 saturated carbocycles. The molecule has 0 aliphatic heterocycles. The molecule has 0 aromatic heterocycles. The summed E-state index contributed by atoms with van der Waals surface area (Å²) in [6.45, 7) is 0. The molecule has 32 heavy (non-hydrogen) atoms. The number of fused-ring (bicyclic) bond motifs is 1. The van der Waals surface area contributed by atoms with Crippen molar-refractivity contribution in [3.63, 3.8) is 0 Å². The van der Waals surface area contributed by atoms with Crippen LogP contribution in [0.15, 0.2) is 95.9 Å². The maximum atomic E-state index is 12.3. The minimum Gasteiger partial charge on any atom is -0.326 e. The molecule has 0 unspecified atom stereocenters. The van der Waals surface area contributed by atoms with Gasteiger partial charge in [0.15, 0.2) is 0 Å². The highest BCUT2D eigenvalue weighted by atomic mass is 35.5. The van der Waals surface area contributed by atoms with Gasteiger partial charge < -0.3 is 10.6 Å². The highest BCUT2D eigenvalue weighted by Gasteiger charge is 2.07. The number of carbonyl (C=O) groups excluding carboxylic acids is 2. The third-order valence-corrected chi connectivity index (χ3v) is 6.08. The van der Waals surface area contributed by atoms with Crippen LogP contribution >= 0.6 is 23.4 Å². The van der Waals surface area contributed by atoms with Crippen molar-refractivity contribution in [1.29, 1.82) is 0 Å². The van der Waals surface area contributed by atoms with E-state index < -0.39 is 0 Å². The maximum Gasteiger partial charge on any atom is 0.234 e. The molecule has 4 aromatic rings. The average Bonchev–Trinajstić information content (AvgIpc) is 2.80. The van der Waals surface area contributed by atoms with Gasteiger partial charge in [-0.25, -0.2) is 0 Å². The molecule has 0 heterocycles. The normalized spacial score (nSPS) is 10.7. The van der Waals surface area contributed by atoms with E-state index in [4.69, 9.17) is 11.6 Å². The standard InChI is InChI=1S/C26H21ClN2O2S/c27-21-8-5-18(6-9-21)15-25(30)28-22-11-13-24(14-12-22)32-17-26(31)29-23-10-7-19-3-1-2-4-20(19)16-23/h1-14,16H,15,17H2,(H,28,30)(H,29,31). The lowest BCUT2D eigenvalue weighted by atomic mass is 10.1. The second-order valence-corrected chi connectivity index (χ2v) is 8.76. The molecule has 0 aliphatic rings. The van der Waals surface area contributed by atoms with E-state index >= 15 is 0 Å². The first-order valence-electron chi connectivity index (χ1n) is 10.1. The Morgan fingerprint density at radius 3 is 2.12 bits per heavy atom. The van der Waals surface area contributed by atoms with Gasteiger partial charge in [-0.1, -0.05) is 54.1 Å². The first-order valence-corrected chi connectivity index (χ1v) is 11.5. The molecule has 0 spiro atoms. The van der Waals surface area contributed by atoms with Crippen LogP contribution in [0.25, 0.3) is 10.8 Å². The smallest absolute Gasteiger partial charge is 0.234 e. The van der Waals surface area contributed by atoms with E-state index in [1.165, 1.54) is 11.8 Å². The monoisotopic (exact) mass is 460 g/mol. The summed E-state index contributed by atoms with van der Waals surface area (Å²) in [4.78, 5) is 25.5. The van der Waals surface area contributed by atoms with Crippen LogP contribution in [0.4, 0.5) is 11.4 Å². The molecule has 0 fully saturated rings. The molecule has 160 valence electrons. The lowest BCUT2D eigenvalue weighted by Crippen LogP contribution is -2.14. The van der Waals surface area contributed by atoms with Crippen LogP contribution in [-0.2, 0) is 16.0 Å². The minimum atomic E-state index is -0.0949. The van der Waals surface area contributed by atoms with Crippen molar-refractivity contribution in [2.75, 3.05) is 16.4 Å². The van der Waals surface area contributed by atoms with Crippen LogP contribution < -0.4 is 10.6 Å². The number of rotatable bonds is 7. The Balaban J connectivity index is 1.26. The topological polar surface area (TPSA) is 58.2 Å². The van der Waals surface area contributed by atoms with Crippen molar-refractivity contribution in [1.82, 2.24) is 0 Å². The number of carbonyl (C=O) groups is 2. The van der Waals surface area contributed by atoms with Gasteiger partial charge in [0.2, 0.25) is 11.8 Å². The van der Waals surface area contributed by atoms with E-state index in [0.29, 0.717) is 16.5 Å². The number of benzene rings is 4. The molecular formula is C26H21ClN2O2S. The average molecular weight is 461 g/mol. The molecule has 6 heteroatoms. The Labute approximate surface area is 196 Å². The zero-order chi connectivity index (χ0) is 22.3. The lowest BCUT2D eigenvalue weighted by molar-refractivity contribution is -0.115. The number of anilines is 2. The van der Waals surface area contributed by atoms with Crippen molar-refractivity contribution < 1.29 is 9.59 Å². The minimum absolute atomic E-state index is 0.0642. The van der Waals surface area contributed by atoms with E-state index in [1.807, 2.05) is 78.9 Å². The highest BCUT2D eigenvalue weighted by molar-refractivity contribution is 8.00. The van der Waals surface area contributed by atoms with E-state index in [2.05, 4.69) is 10.6 Å². The molecule has 0 atom stereocenters. The van der Waals surface area contributed by atoms with Gasteiger partial charge in [-0.2, -0.15) is 0 Å². The SMILES string of the molecule is O=C(CSc1ccc(NC(=O)Cc2ccc(Cl)cc2)cc1)Nc1ccc2ccccc2c1. The summed E-state index contributed by atoms with van der Waals surface area (Å²) in [6, 6.07) is 28.6. The zero-order valence-corrected chi connectivity index (χ0v) is 18.7. The van der Waals surface area contributed by atoms with Crippen LogP contribution in [-0.4, -0.2) is 17.6 Å². The number of amides is 2. The molecule has 2 amide bonds. The third-order valence-electron chi connectivity index (χ3n) is 4.82. The second kappa shape index (κ2) is 10.4. The Hall–Kier alpha value is -3.28. The van der Waals surface area contributed by atoms with Crippen LogP contribution in [0, 0.1) is 0 Å². The predicted molar refractivity (Wildman–Crippen MR) is 134 cm³/mol. The summed E-state index contributed by atoms with van der Waals surface area (Å²) >= 11 is 7.32. The van der Waals surface area contributed by atoms with Crippen molar-refractivity contribution in [3.8, 4) is 0 Å². The van der Waals surface area contributed by atoms with Crippen molar-refractivity contribution >= 4 is 57.3 Å². The van der Waals surface area contributed by atoms with E-state index in [-0.39, 0.29) is 18.2 Å². The van der Waals surface area contributed by atoms with Crippen molar-refractivity contribution in [2.24, 2.45) is 0 Å². The van der Waals surface area contributed by atoms with Gasteiger partial charge in [0.05, 0.1) is 12.2 Å². The number of halogens is 1. The van der Waals surface area contributed by atoms with E-state index in [9.17, 15) is 9.59 Å². The van der Waals surface area contributed by atoms with Gasteiger partial charge in [0.1, 0.15) is 0 Å². The van der Waals surface area contributed by atoms with Crippen molar-refractivity contribution in [2.45, 2.75) is 11.3 Å². The number of hydrogen-bond donors (Lipinski definition) is 2. The number of nitrogens with one attached hydrogen (secondary N) is 2. The van der Waals surface area contributed by atoms with Gasteiger partial charge in [-0.05, 0) is 64.9 Å². The molecule has 0 saturated heterocycles. The Kier molecular flexibility index (Phi) is 7.10. The molecule has 4 rings (SSSR count). The molecule has 0 aliphatic carbocycles. The zero-order valence-electron chi connectivity index (χ0n) is 17.2. The summed E-state index contributed by atoms with van der Waals surface area (Å²) in [7, 11) is 0. The predicted octanol–water partition coefficient (Wildman–Crippen LogP) is 6.41. The van der Waals surface area contributed by atoms with Gasteiger partial charge in [-0.3, -0.25) is 9.59 Å². The Morgan fingerprint density at radius 2 is 1.38 bits per heavy atom. The lowest BCUT2D eigenvalue weighted by Gasteiger charge is -2.08. The van der Waals surface area contributed by atoms with Crippen molar-refractivity contribution in [3.05, 3.63) is 102 Å². The van der Waals surface area contributed by atoms with E-state index in [0.717, 1.165) is 26.9 Å². The van der Waals surface area contributed by atoms with Gasteiger partial charge in [0.25, 0.3) is 0 Å². The molecule has 4 nitrogen and oxygen atoms in total. The van der Waals surface area contributed by atoms with Gasteiger partial charge >= 0.3 is 0 Å². The quantitative estimate of drug-likeness (QED) is 0.313. The largest absolute Gasteiger partial charge is 0.326 e. The third kappa shape index (κ3) is 6.13. The van der Waals surface area contributed by atoms with E-state index in [1.54, 1.807) is 12.1 Å². The second-order valence-electron chi connectivity index (χ2n) is 7.27. The van der Waals surface area contributed by atoms with Gasteiger partial charge in [0, 0.05) is 21.3 Å². The molecule has 0 radical (unpaired) electrons. The highest BCUT2D eigenvalue weighted by Crippen LogP contribution is 2.22. The van der Waals surface area contributed by atoms with Gasteiger partial charge in [-0.15, -0.1) is 11.8 Å². The first-order chi connectivity index (χ1) is 15.5. The fourth-order valence-corrected chi connectivity index (χ4v) is 4.06. The van der Waals surface area contributed by atoms with Crippen LogP contribution in [0.1, 0.15) is 5.56 Å². The Bertz CT molecular complexity index is 1240. The summed E-state index contributed by atoms with van der Waals surface area (Å²) < 4.78 is 0. The fourth-order valence-electron chi connectivity index (χ4n) is 3.24. The number of hydrogen-bond acceptors (Lipinski definition) is 3. The summed E-state index contributed by atoms with van der Waals surface area (Å²) in [5.74, 6) is 0.142. The molecule has 0 bridgehead atoms. The fraction of sp³-hybridized carbons (Fsp3) is 0.0769.